The Morgan fingerprint density at radius 1 is 1.11 bits per heavy atom. The van der Waals surface area contributed by atoms with Crippen LogP contribution in [-0.4, -0.2) is 17.1 Å². The summed E-state index contributed by atoms with van der Waals surface area (Å²) < 4.78 is 6.65. The summed E-state index contributed by atoms with van der Waals surface area (Å²) in [5.74, 6) is -0.511. The third-order valence-electron chi connectivity index (χ3n) is 4.75. The van der Waals surface area contributed by atoms with Crippen molar-refractivity contribution in [1.29, 1.82) is 5.26 Å². The first kappa shape index (κ1) is 25.8. The number of halogens is 2. The molecule has 0 saturated heterocycles. The van der Waals surface area contributed by atoms with Gasteiger partial charge in [-0.1, -0.05) is 34.1 Å². The quantitative estimate of drug-likeness (QED) is 0.187. The number of nitrogens with two attached hydrogens (primary N) is 1. The van der Waals surface area contributed by atoms with Gasteiger partial charge < -0.3 is 20.9 Å². The predicted molar refractivity (Wildman–Crippen MR) is 141 cm³/mol. The molecule has 3 aromatic carbocycles. The van der Waals surface area contributed by atoms with Gasteiger partial charge >= 0.3 is 6.09 Å². The van der Waals surface area contributed by atoms with E-state index in [0.717, 1.165) is 0 Å². The molecule has 0 radical (unpaired) electrons. The minimum atomic E-state index is -0.923. The second kappa shape index (κ2) is 12.1. The number of aromatic hydroxyl groups is 1. The van der Waals surface area contributed by atoms with Crippen molar-refractivity contribution in [2.24, 2.45) is 0 Å². The maximum atomic E-state index is 12.6. The number of benzene rings is 3. The number of phenolic OH excluding ortho intramolecular Hbond substituents is 1. The summed E-state index contributed by atoms with van der Waals surface area (Å²) in [6.07, 6.45) is 1.22. The largest absolute Gasteiger partial charge is 0.506 e. The van der Waals surface area contributed by atoms with Crippen LogP contribution in [0.3, 0.4) is 0 Å². The normalized spacial score (nSPS) is 11.5. The number of phenols is 1. The monoisotopic (exact) mass is 598 g/mol. The number of hydrogen-bond donors (Lipinski definition) is 4. The van der Waals surface area contributed by atoms with Crippen LogP contribution in [0.25, 0.3) is 0 Å². The van der Waals surface area contributed by atoms with Crippen molar-refractivity contribution in [3.8, 4) is 11.8 Å². The summed E-state index contributed by atoms with van der Waals surface area (Å²) in [6.45, 7) is 0. The number of carbonyl (C=O) groups excluding carboxylic acids is 2. The van der Waals surface area contributed by atoms with Gasteiger partial charge in [0.05, 0.1) is 27.5 Å². The smallest absolute Gasteiger partial charge is 0.412 e. The Morgan fingerprint density at radius 3 is 2.51 bits per heavy atom. The molecule has 0 aliphatic carbocycles. The van der Waals surface area contributed by atoms with Crippen LogP contribution < -0.4 is 16.4 Å². The fraction of sp³-hybridized carbons (Fsp3) is 0.0800. The number of nitrogens with zero attached hydrogens (tertiary/aromatic N) is 1. The van der Waals surface area contributed by atoms with E-state index in [1.165, 1.54) is 12.2 Å². The van der Waals surface area contributed by atoms with Gasteiger partial charge in [-0.2, -0.15) is 5.26 Å². The van der Waals surface area contributed by atoms with E-state index in [1.54, 1.807) is 60.7 Å². The van der Waals surface area contributed by atoms with Crippen molar-refractivity contribution >= 4 is 60.9 Å². The average Bonchev–Trinajstić information content (AvgIpc) is 2.82. The van der Waals surface area contributed by atoms with Crippen molar-refractivity contribution < 1.29 is 19.4 Å². The number of hydrogen-bond acceptors (Lipinski definition) is 6. The maximum Gasteiger partial charge on any atom is 0.412 e. The van der Waals surface area contributed by atoms with Crippen molar-refractivity contribution in [1.82, 2.24) is 0 Å². The van der Waals surface area contributed by atoms with Gasteiger partial charge in [0, 0.05) is 22.1 Å². The van der Waals surface area contributed by atoms with Crippen LogP contribution in [-0.2, 0) is 9.53 Å². The van der Waals surface area contributed by atoms with Crippen molar-refractivity contribution in [2.75, 3.05) is 16.4 Å². The first-order valence-corrected chi connectivity index (χ1v) is 11.8. The van der Waals surface area contributed by atoms with Crippen molar-refractivity contribution in [3.05, 3.63) is 92.9 Å². The zero-order chi connectivity index (χ0) is 25.4. The van der Waals surface area contributed by atoms with Crippen molar-refractivity contribution in [3.63, 3.8) is 0 Å². The van der Waals surface area contributed by atoms with Gasteiger partial charge in [0.25, 0.3) is 0 Å². The van der Waals surface area contributed by atoms with Gasteiger partial charge in [0.15, 0.2) is 0 Å². The Labute approximate surface area is 218 Å². The summed E-state index contributed by atoms with van der Waals surface area (Å²) in [6, 6.07) is 18.4. The van der Waals surface area contributed by atoms with Crippen LogP contribution in [0.1, 0.15) is 23.7 Å². The molecule has 0 heterocycles. The van der Waals surface area contributed by atoms with Crippen LogP contribution in [0.4, 0.5) is 21.9 Å². The molecule has 10 heteroatoms. The van der Waals surface area contributed by atoms with Crippen LogP contribution in [0, 0.1) is 11.3 Å². The Morgan fingerprint density at radius 2 is 1.83 bits per heavy atom. The minimum Gasteiger partial charge on any atom is -0.506 e. The van der Waals surface area contributed by atoms with E-state index in [2.05, 4.69) is 42.5 Å². The molecule has 3 aromatic rings. The molecule has 0 fully saturated rings. The fourth-order valence-electron chi connectivity index (χ4n) is 3.06. The van der Waals surface area contributed by atoms with Crippen LogP contribution in [0.5, 0.6) is 5.75 Å². The number of nitriles is 1. The molecule has 0 bridgehead atoms. The molecule has 5 N–H and O–H groups in total. The van der Waals surface area contributed by atoms with E-state index in [-0.39, 0.29) is 12.2 Å². The highest BCUT2D eigenvalue weighted by Crippen LogP contribution is 2.38. The van der Waals surface area contributed by atoms with Gasteiger partial charge in [-0.15, -0.1) is 0 Å². The number of nitrogen functional groups attached to an aromatic ring is 1. The Bertz CT molecular complexity index is 1300. The highest BCUT2D eigenvalue weighted by molar-refractivity contribution is 9.11. The van der Waals surface area contributed by atoms with Gasteiger partial charge in [-0.05, 0) is 70.5 Å². The molecule has 35 heavy (non-hydrogen) atoms. The van der Waals surface area contributed by atoms with E-state index in [4.69, 9.17) is 15.7 Å². The fourth-order valence-corrected chi connectivity index (χ4v) is 4.32. The number of carbonyl (C=O) groups is 2. The third-order valence-corrected chi connectivity index (χ3v) is 5.81. The van der Waals surface area contributed by atoms with Gasteiger partial charge in [-0.3, -0.25) is 10.1 Å². The van der Waals surface area contributed by atoms with Gasteiger partial charge in [0.2, 0.25) is 5.91 Å². The molecule has 0 aliphatic heterocycles. The molecule has 0 unspecified atom stereocenters. The highest BCUT2D eigenvalue weighted by atomic mass is 79.9. The number of para-hydroxylation sites is 2. The number of amides is 2. The highest BCUT2D eigenvalue weighted by Gasteiger charge is 2.22. The summed E-state index contributed by atoms with van der Waals surface area (Å²) in [5.41, 5.74) is 7.97. The molecular weight excluding hydrogens is 580 g/mol. The lowest BCUT2D eigenvalue weighted by Gasteiger charge is -2.19. The number of nitrogens with one attached hydrogen (secondary N) is 2. The summed E-state index contributed by atoms with van der Waals surface area (Å²) in [7, 11) is 0. The molecule has 0 saturated carbocycles. The third kappa shape index (κ3) is 7.34. The summed E-state index contributed by atoms with van der Waals surface area (Å²) in [5, 5.41) is 24.7. The molecule has 2 amide bonds. The van der Waals surface area contributed by atoms with E-state index in [9.17, 15) is 14.7 Å². The molecule has 3 rings (SSSR count). The maximum absolute atomic E-state index is 12.6. The topological polar surface area (TPSA) is 137 Å². The zero-order valence-electron chi connectivity index (χ0n) is 18.2. The Kier molecular flexibility index (Phi) is 8.89. The lowest BCUT2D eigenvalue weighted by Crippen LogP contribution is -2.18. The van der Waals surface area contributed by atoms with E-state index < -0.39 is 18.1 Å². The Balaban J connectivity index is 1.75. The predicted octanol–water partition coefficient (Wildman–Crippen LogP) is 6.25. The first-order chi connectivity index (χ1) is 16.8. The van der Waals surface area contributed by atoms with Crippen LogP contribution in [0.2, 0.25) is 0 Å². The molecule has 0 aromatic heterocycles. The van der Waals surface area contributed by atoms with E-state index >= 15 is 0 Å². The second-order valence-corrected chi connectivity index (χ2v) is 9.02. The lowest BCUT2D eigenvalue weighted by molar-refractivity contribution is -0.111. The number of ether oxygens (including phenoxy) is 1. The van der Waals surface area contributed by atoms with Crippen LogP contribution >= 0.6 is 31.9 Å². The second-order valence-electron chi connectivity index (χ2n) is 7.25. The molecule has 0 spiro atoms. The van der Waals surface area contributed by atoms with E-state index in [1.807, 2.05) is 6.07 Å². The molecular formula is C25H20Br2N4O4. The lowest BCUT2D eigenvalue weighted by atomic mass is 10.0. The molecule has 0 aliphatic rings. The molecule has 178 valence electrons. The van der Waals surface area contributed by atoms with Crippen molar-refractivity contribution in [2.45, 2.75) is 12.5 Å². The standard InChI is InChI=1S/C25H20Br2N4O4/c26-16-12-18(24(33)19(27)13-16)22(35-25(34)30-17-10-8-15(14-28)9-11-17)6-3-7-23(32)31-21-5-2-1-4-20(21)29/h1-5,7-13,22,33H,6,29H2,(H,30,34)(H,31,32)/b7-3+/t22-/m1/s1. The summed E-state index contributed by atoms with van der Waals surface area (Å²) in [4.78, 5) is 24.9. The van der Waals surface area contributed by atoms with Gasteiger partial charge in [-0.25, -0.2) is 4.79 Å². The number of anilines is 3. The number of rotatable bonds is 7. The van der Waals surface area contributed by atoms with E-state index in [0.29, 0.717) is 37.1 Å². The SMILES string of the molecule is N#Cc1ccc(NC(=O)O[C@H](C/C=C/C(=O)Nc2ccccc2N)c2cc(Br)cc(Br)c2O)cc1. The zero-order valence-corrected chi connectivity index (χ0v) is 21.3. The van der Waals surface area contributed by atoms with Crippen LogP contribution in [0.15, 0.2) is 81.8 Å². The first-order valence-electron chi connectivity index (χ1n) is 10.2. The molecule has 8 nitrogen and oxygen atoms in total. The summed E-state index contributed by atoms with van der Waals surface area (Å²) >= 11 is 6.64. The van der Waals surface area contributed by atoms with Gasteiger partial charge in [0.1, 0.15) is 11.9 Å². The average molecular weight is 600 g/mol. The Hall–Kier alpha value is -3.81. The molecule has 1 atom stereocenters. The minimum absolute atomic E-state index is 0.0922.